The molecular weight excluding hydrogens is 619 g/mol. The maximum atomic E-state index is 13.0. The first kappa shape index (κ1) is 33.5. The Morgan fingerprint density at radius 2 is 1.57 bits per heavy atom. The van der Waals surface area contributed by atoms with Crippen LogP contribution in [0.25, 0.3) is 0 Å². The van der Waals surface area contributed by atoms with Gasteiger partial charge in [-0.3, -0.25) is 14.3 Å². The van der Waals surface area contributed by atoms with E-state index in [1.807, 2.05) is 0 Å². The molecule has 238 valence electrons. The second-order valence-electron chi connectivity index (χ2n) is 12.6. The Morgan fingerprint density at radius 3 is 2.10 bits per heavy atom. The van der Waals surface area contributed by atoms with E-state index < -0.39 is 62.7 Å². The van der Waals surface area contributed by atoms with Crippen molar-refractivity contribution in [3.05, 3.63) is 33.1 Å². The SMILES string of the molecule is CC(C)[Si]1(C(C)C)OC[C@H]2O[C@@H](n3ccc(=O)[nH]c3=O)[C@H](OC(=S)N3CCS(=O)(=O)CC3)[C@@H]2O[Si](C(C)C)(C(C)C)O1. The van der Waals surface area contributed by atoms with Crippen LogP contribution < -0.4 is 11.2 Å². The number of fused-ring (bicyclic) bond motifs is 1. The van der Waals surface area contributed by atoms with Gasteiger partial charge in [-0.25, -0.2) is 13.2 Å². The third-order valence-electron chi connectivity index (χ3n) is 8.58. The minimum Gasteiger partial charge on any atom is -0.460 e. The summed E-state index contributed by atoms with van der Waals surface area (Å²) >= 11 is 5.67. The number of nitrogens with one attached hydrogen (secondary N) is 1. The highest BCUT2D eigenvalue weighted by atomic mass is 32.2. The normalized spacial score (nSPS) is 29.0. The zero-order chi connectivity index (χ0) is 31.2. The Bertz CT molecular complexity index is 1330. The maximum Gasteiger partial charge on any atom is 0.335 e. The summed E-state index contributed by atoms with van der Waals surface area (Å²) < 4.78 is 59.6. The van der Waals surface area contributed by atoms with E-state index >= 15 is 0 Å². The smallest absolute Gasteiger partial charge is 0.335 e. The van der Waals surface area contributed by atoms with Crippen molar-refractivity contribution in [3.8, 4) is 0 Å². The number of ether oxygens (including phenoxy) is 2. The van der Waals surface area contributed by atoms with E-state index in [4.69, 9.17) is 34.7 Å². The van der Waals surface area contributed by atoms with Crippen LogP contribution in [0.1, 0.15) is 61.6 Å². The third-order valence-corrected chi connectivity index (χ3v) is 20.8. The van der Waals surface area contributed by atoms with E-state index in [-0.39, 0.29) is 58.5 Å². The minimum atomic E-state index is -3.14. The molecule has 0 radical (unpaired) electrons. The van der Waals surface area contributed by atoms with Gasteiger partial charge in [0.25, 0.3) is 10.7 Å². The number of thiocarbonyl (C=S) groups is 1. The fraction of sp³-hybridized carbons (Fsp3) is 0.808. The van der Waals surface area contributed by atoms with E-state index in [1.165, 1.54) is 16.8 Å². The van der Waals surface area contributed by atoms with Crippen LogP contribution in [0.2, 0.25) is 22.2 Å². The van der Waals surface area contributed by atoms with Crippen LogP contribution in [0.3, 0.4) is 0 Å². The summed E-state index contributed by atoms with van der Waals surface area (Å²) in [5, 5.41) is 0.101. The lowest BCUT2D eigenvalue weighted by molar-refractivity contribution is -0.0597. The largest absolute Gasteiger partial charge is 0.460 e. The van der Waals surface area contributed by atoms with Crippen molar-refractivity contribution >= 4 is 44.4 Å². The van der Waals surface area contributed by atoms with Gasteiger partial charge in [-0.15, -0.1) is 0 Å². The van der Waals surface area contributed by atoms with E-state index in [9.17, 15) is 18.0 Å². The van der Waals surface area contributed by atoms with Crippen molar-refractivity contribution in [2.75, 3.05) is 31.2 Å². The van der Waals surface area contributed by atoms with E-state index in [0.29, 0.717) is 0 Å². The van der Waals surface area contributed by atoms with Crippen molar-refractivity contribution in [2.24, 2.45) is 0 Å². The lowest BCUT2D eigenvalue weighted by Gasteiger charge is -2.51. The number of aromatic nitrogens is 2. The summed E-state index contributed by atoms with van der Waals surface area (Å²) in [4.78, 5) is 28.9. The number of aromatic amines is 1. The van der Waals surface area contributed by atoms with Gasteiger partial charge in [-0.05, 0) is 34.4 Å². The van der Waals surface area contributed by atoms with Crippen molar-refractivity contribution < 1.29 is 30.9 Å². The summed E-state index contributed by atoms with van der Waals surface area (Å²) in [7, 11) is -9.06. The highest BCUT2D eigenvalue weighted by Crippen LogP contribution is 2.48. The summed E-state index contributed by atoms with van der Waals surface area (Å²) in [6.07, 6.45) is -1.89. The first-order chi connectivity index (χ1) is 19.5. The molecule has 12 nitrogen and oxygen atoms in total. The van der Waals surface area contributed by atoms with Gasteiger partial charge in [0.2, 0.25) is 0 Å². The first-order valence-electron chi connectivity index (χ1n) is 14.7. The molecule has 0 spiro atoms. The number of nitrogens with zero attached hydrogens (tertiary/aromatic N) is 2. The molecule has 4 rings (SSSR count). The van der Waals surface area contributed by atoms with Crippen LogP contribution in [0.15, 0.2) is 21.9 Å². The van der Waals surface area contributed by atoms with Crippen LogP contribution in [0, 0.1) is 0 Å². The molecule has 16 heteroatoms. The van der Waals surface area contributed by atoms with Crippen molar-refractivity contribution in [1.82, 2.24) is 14.5 Å². The predicted molar refractivity (Wildman–Crippen MR) is 167 cm³/mol. The molecular formula is C26H45N3O9S2Si2. The van der Waals surface area contributed by atoms with Gasteiger partial charge in [-0.1, -0.05) is 55.4 Å². The second kappa shape index (κ2) is 12.5. The van der Waals surface area contributed by atoms with E-state index in [2.05, 4.69) is 60.4 Å². The summed E-state index contributed by atoms with van der Waals surface area (Å²) in [6.45, 7) is 17.5. The molecule has 42 heavy (non-hydrogen) atoms. The monoisotopic (exact) mass is 663 g/mol. The van der Waals surface area contributed by atoms with Gasteiger partial charge >= 0.3 is 22.8 Å². The zero-order valence-electron chi connectivity index (χ0n) is 25.7. The Kier molecular flexibility index (Phi) is 9.99. The number of H-pyrrole nitrogens is 1. The molecule has 3 fully saturated rings. The molecule has 1 N–H and O–H groups in total. The highest BCUT2D eigenvalue weighted by Gasteiger charge is 2.62. The molecule has 4 heterocycles. The van der Waals surface area contributed by atoms with Crippen LogP contribution >= 0.6 is 12.2 Å². The molecule has 0 bridgehead atoms. The van der Waals surface area contributed by atoms with Gasteiger partial charge in [-0.2, -0.15) is 0 Å². The molecule has 3 saturated heterocycles. The summed E-state index contributed by atoms with van der Waals surface area (Å²) in [5.41, 5.74) is -0.844. The first-order valence-corrected chi connectivity index (χ1v) is 20.8. The van der Waals surface area contributed by atoms with Gasteiger partial charge in [0.05, 0.1) is 18.1 Å². The molecule has 3 aliphatic heterocycles. The second-order valence-corrected chi connectivity index (χ2v) is 24.1. The Balaban J connectivity index is 1.79. The number of hydrogen-bond acceptors (Lipinski definition) is 10. The van der Waals surface area contributed by atoms with Crippen LogP contribution in [0.4, 0.5) is 0 Å². The van der Waals surface area contributed by atoms with Crippen LogP contribution in [-0.2, 0) is 32.3 Å². The van der Waals surface area contributed by atoms with Crippen molar-refractivity contribution in [1.29, 1.82) is 0 Å². The minimum absolute atomic E-state index is 0.0292. The molecule has 0 aliphatic carbocycles. The topological polar surface area (TPSA) is 138 Å². The molecule has 1 aromatic heterocycles. The maximum absolute atomic E-state index is 13.0. The molecule has 0 amide bonds. The molecule has 0 unspecified atom stereocenters. The standard InChI is InChI=1S/C26H45N3O9S2Si2/c1-16(2)41(17(3)4)34-15-20-22(37-42(38-41,18(5)6)19(7)8)23(24(35-20)29-10-9-21(30)27-25(29)31)36-26(39)28-11-13-40(32,33)14-12-28/h9-10,16-20,22-24H,11-15H2,1-8H3,(H,27,30,31)/t20-,22-,23-,24-/m1/s1. The number of rotatable bonds is 6. The summed E-state index contributed by atoms with van der Waals surface area (Å²) in [6, 6.07) is 1.24. The fourth-order valence-corrected chi connectivity index (χ4v) is 18.9. The average Bonchev–Trinajstić information content (AvgIpc) is 3.18. The van der Waals surface area contributed by atoms with E-state index in [1.54, 1.807) is 4.90 Å². The summed E-state index contributed by atoms with van der Waals surface area (Å²) in [5.74, 6) is -0.0584. The van der Waals surface area contributed by atoms with E-state index in [0.717, 1.165) is 0 Å². The van der Waals surface area contributed by atoms with Gasteiger partial charge < -0.3 is 27.3 Å². The lowest BCUT2D eigenvalue weighted by atomic mass is 10.1. The average molecular weight is 664 g/mol. The van der Waals surface area contributed by atoms with Crippen molar-refractivity contribution in [3.63, 3.8) is 0 Å². The van der Waals surface area contributed by atoms with Gasteiger partial charge in [0.15, 0.2) is 22.2 Å². The van der Waals surface area contributed by atoms with Gasteiger partial charge in [0.1, 0.15) is 12.2 Å². The molecule has 0 aromatic carbocycles. The number of sulfone groups is 1. The van der Waals surface area contributed by atoms with Crippen molar-refractivity contribution in [2.45, 2.75) is 102 Å². The predicted octanol–water partition coefficient (Wildman–Crippen LogP) is 2.79. The molecule has 4 atom stereocenters. The number of hydrogen-bond donors (Lipinski definition) is 1. The van der Waals surface area contributed by atoms with Gasteiger partial charge in [0, 0.05) is 25.4 Å². The highest BCUT2D eigenvalue weighted by molar-refractivity contribution is 7.91. The fourth-order valence-electron chi connectivity index (χ4n) is 6.19. The zero-order valence-corrected chi connectivity index (χ0v) is 29.3. The Morgan fingerprint density at radius 1 is 1.00 bits per heavy atom. The third kappa shape index (κ3) is 6.36. The quantitative estimate of drug-likeness (QED) is 0.355. The van der Waals surface area contributed by atoms with Crippen LogP contribution in [-0.4, -0.2) is 94.7 Å². The molecule has 0 saturated carbocycles. The van der Waals surface area contributed by atoms with Crippen LogP contribution in [0.5, 0.6) is 0 Å². The Labute approximate surface area is 255 Å². The Hall–Kier alpha value is -1.41. The lowest BCUT2D eigenvalue weighted by Crippen LogP contribution is -2.66. The molecule has 1 aromatic rings. The molecule has 3 aliphatic rings.